The molecule has 1 aromatic rings. The van der Waals surface area contributed by atoms with E-state index in [0.29, 0.717) is 12.5 Å². The van der Waals surface area contributed by atoms with Crippen molar-refractivity contribution in [2.45, 2.75) is 48.8 Å². The Kier molecular flexibility index (Phi) is 3.36. The molecule has 0 bridgehead atoms. The van der Waals surface area contributed by atoms with Crippen molar-refractivity contribution in [2.75, 3.05) is 13.1 Å². The number of carbonyl (C=O) groups is 1. The standard InChI is InChI=1S/C15H20N2O3S2/c18-14(16-13-8-12(13)11-2-7-21-10-11)9-17-6-1-3-15(4-5-15)22(17,19)20/h2,7,10,12-13H,1,3-6,8-9H2,(H,16,18)/t12-,13+/m0/s1. The summed E-state index contributed by atoms with van der Waals surface area (Å²) in [6, 6.07) is 2.26. The van der Waals surface area contributed by atoms with Gasteiger partial charge >= 0.3 is 0 Å². The van der Waals surface area contributed by atoms with Crippen molar-refractivity contribution >= 4 is 27.3 Å². The van der Waals surface area contributed by atoms with Gasteiger partial charge in [0.25, 0.3) is 0 Å². The molecule has 1 aromatic heterocycles. The van der Waals surface area contributed by atoms with Crippen LogP contribution in [0.25, 0.3) is 0 Å². The number of hydrogen-bond donors (Lipinski definition) is 1. The lowest BCUT2D eigenvalue weighted by molar-refractivity contribution is -0.121. The minimum atomic E-state index is -3.28. The van der Waals surface area contributed by atoms with Gasteiger partial charge in [-0.05, 0) is 54.5 Å². The Morgan fingerprint density at radius 3 is 2.91 bits per heavy atom. The number of nitrogens with zero attached hydrogens (tertiary/aromatic N) is 1. The normalized spacial score (nSPS) is 31.8. The largest absolute Gasteiger partial charge is 0.352 e. The van der Waals surface area contributed by atoms with Crippen LogP contribution >= 0.6 is 11.3 Å². The first-order valence-corrected chi connectivity index (χ1v) is 10.2. The molecule has 4 rings (SSSR count). The summed E-state index contributed by atoms with van der Waals surface area (Å²) in [6.07, 6.45) is 4.11. The number of sulfonamides is 1. The summed E-state index contributed by atoms with van der Waals surface area (Å²) in [4.78, 5) is 12.2. The topological polar surface area (TPSA) is 66.5 Å². The smallest absolute Gasteiger partial charge is 0.235 e. The molecule has 3 aliphatic rings. The van der Waals surface area contributed by atoms with Gasteiger partial charge in [0.05, 0.1) is 11.3 Å². The molecule has 1 N–H and O–H groups in total. The van der Waals surface area contributed by atoms with E-state index in [4.69, 9.17) is 0 Å². The fraction of sp³-hybridized carbons (Fsp3) is 0.667. The lowest BCUT2D eigenvalue weighted by atomic mass is 10.2. The average molecular weight is 340 g/mol. The molecule has 1 saturated heterocycles. The molecule has 2 heterocycles. The number of amides is 1. The molecule has 22 heavy (non-hydrogen) atoms. The molecule has 2 saturated carbocycles. The first-order chi connectivity index (χ1) is 10.5. The van der Waals surface area contributed by atoms with Gasteiger partial charge in [0.2, 0.25) is 15.9 Å². The van der Waals surface area contributed by atoms with Gasteiger partial charge in [-0.15, -0.1) is 0 Å². The summed E-state index contributed by atoms with van der Waals surface area (Å²) < 4.78 is 25.9. The van der Waals surface area contributed by atoms with Crippen LogP contribution in [0.2, 0.25) is 0 Å². The Balaban J connectivity index is 1.35. The van der Waals surface area contributed by atoms with E-state index in [1.807, 2.05) is 5.38 Å². The third kappa shape index (κ3) is 2.39. The van der Waals surface area contributed by atoms with Crippen LogP contribution in [0.4, 0.5) is 0 Å². The van der Waals surface area contributed by atoms with E-state index in [1.54, 1.807) is 11.3 Å². The monoisotopic (exact) mass is 340 g/mol. The molecule has 1 amide bonds. The maximum absolute atomic E-state index is 12.5. The molecule has 1 spiro atoms. The molecule has 0 aromatic carbocycles. The lowest BCUT2D eigenvalue weighted by Crippen LogP contribution is -2.49. The van der Waals surface area contributed by atoms with Crippen LogP contribution in [0.1, 0.15) is 43.6 Å². The maximum atomic E-state index is 12.5. The fourth-order valence-electron chi connectivity index (χ4n) is 3.53. The summed E-state index contributed by atoms with van der Waals surface area (Å²) in [5.74, 6) is 0.243. The number of rotatable bonds is 4. The predicted octanol–water partition coefficient (Wildman–Crippen LogP) is 1.68. The molecule has 2 aliphatic carbocycles. The van der Waals surface area contributed by atoms with E-state index in [1.165, 1.54) is 9.87 Å². The van der Waals surface area contributed by atoms with Crippen molar-refractivity contribution in [3.8, 4) is 0 Å². The second-order valence-corrected chi connectivity index (χ2v) is 9.81. The molecule has 2 atom stereocenters. The summed E-state index contributed by atoms with van der Waals surface area (Å²) in [7, 11) is -3.28. The number of nitrogens with one attached hydrogen (secondary N) is 1. The highest BCUT2D eigenvalue weighted by atomic mass is 32.2. The van der Waals surface area contributed by atoms with E-state index >= 15 is 0 Å². The minimum absolute atomic E-state index is 0.0169. The number of thiophene rings is 1. The third-order valence-electron chi connectivity index (χ3n) is 5.16. The van der Waals surface area contributed by atoms with Gasteiger partial charge in [-0.25, -0.2) is 8.42 Å². The second-order valence-electron chi connectivity index (χ2n) is 6.70. The van der Waals surface area contributed by atoms with Crippen molar-refractivity contribution in [2.24, 2.45) is 0 Å². The van der Waals surface area contributed by atoms with E-state index in [-0.39, 0.29) is 18.5 Å². The Morgan fingerprint density at radius 1 is 1.41 bits per heavy atom. The summed E-state index contributed by atoms with van der Waals surface area (Å²) in [5.41, 5.74) is 1.28. The molecule has 7 heteroatoms. The van der Waals surface area contributed by atoms with Crippen molar-refractivity contribution in [1.82, 2.24) is 9.62 Å². The predicted molar refractivity (Wildman–Crippen MR) is 85.3 cm³/mol. The zero-order valence-electron chi connectivity index (χ0n) is 12.3. The van der Waals surface area contributed by atoms with Crippen molar-refractivity contribution in [3.05, 3.63) is 22.4 Å². The molecule has 5 nitrogen and oxygen atoms in total. The van der Waals surface area contributed by atoms with Crippen molar-refractivity contribution < 1.29 is 13.2 Å². The number of carbonyl (C=O) groups excluding carboxylic acids is 1. The van der Waals surface area contributed by atoms with Crippen molar-refractivity contribution in [3.63, 3.8) is 0 Å². The number of hydrogen-bond acceptors (Lipinski definition) is 4. The average Bonchev–Trinajstić information content (AvgIpc) is 3.36. The van der Waals surface area contributed by atoms with Crippen LogP contribution in [0.3, 0.4) is 0 Å². The Labute approximate surface area is 134 Å². The van der Waals surface area contributed by atoms with E-state index < -0.39 is 14.8 Å². The Bertz CT molecular complexity index is 680. The van der Waals surface area contributed by atoms with E-state index in [0.717, 1.165) is 32.1 Å². The van der Waals surface area contributed by atoms with Crippen LogP contribution < -0.4 is 5.32 Å². The molecule has 120 valence electrons. The maximum Gasteiger partial charge on any atom is 0.235 e. The Morgan fingerprint density at radius 2 is 2.23 bits per heavy atom. The van der Waals surface area contributed by atoms with Crippen molar-refractivity contribution in [1.29, 1.82) is 0 Å². The first-order valence-electron chi connectivity index (χ1n) is 7.83. The summed E-state index contributed by atoms with van der Waals surface area (Å²) in [5, 5.41) is 7.14. The van der Waals surface area contributed by atoms with Crippen LogP contribution in [0, 0.1) is 0 Å². The highest BCUT2D eigenvalue weighted by molar-refractivity contribution is 7.90. The second kappa shape index (κ2) is 5.04. The van der Waals surface area contributed by atoms with Gasteiger partial charge in [0.15, 0.2) is 0 Å². The molecular weight excluding hydrogens is 320 g/mol. The lowest BCUT2D eigenvalue weighted by Gasteiger charge is -2.32. The zero-order chi connectivity index (χ0) is 15.4. The molecule has 0 unspecified atom stereocenters. The van der Waals surface area contributed by atoms with Crippen LogP contribution in [-0.4, -0.2) is 42.5 Å². The van der Waals surface area contributed by atoms with Gasteiger partial charge in [0, 0.05) is 18.5 Å². The van der Waals surface area contributed by atoms with Gasteiger partial charge in [-0.3, -0.25) is 4.79 Å². The molecule has 3 fully saturated rings. The first kappa shape index (κ1) is 14.7. The molecule has 1 aliphatic heterocycles. The highest BCUT2D eigenvalue weighted by Gasteiger charge is 2.58. The zero-order valence-corrected chi connectivity index (χ0v) is 14.0. The van der Waals surface area contributed by atoms with Crippen LogP contribution in [0.5, 0.6) is 0 Å². The quantitative estimate of drug-likeness (QED) is 0.907. The Hall–Kier alpha value is -0.920. The van der Waals surface area contributed by atoms with Gasteiger partial charge < -0.3 is 5.32 Å². The molecule has 0 radical (unpaired) electrons. The van der Waals surface area contributed by atoms with Crippen LogP contribution in [-0.2, 0) is 14.8 Å². The van der Waals surface area contributed by atoms with Gasteiger partial charge in [-0.1, -0.05) is 0 Å². The summed E-state index contributed by atoms with van der Waals surface area (Å²) >= 11 is 1.66. The van der Waals surface area contributed by atoms with E-state index in [9.17, 15) is 13.2 Å². The highest BCUT2D eigenvalue weighted by Crippen LogP contribution is 2.51. The van der Waals surface area contributed by atoms with Gasteiger partial charge in [0.1, 0.15) is 0 Å². The SMILES string of the molecule is O=C(CN1CCCC2(CC2)S1(=O)=O)N[C@@H]1C[C@H]1c1ccsc1. The third-order valence-corrected chi connectivity index (χ3v) is 8.56. The van der Waals surface area contributed by atoms with Crippen LogP contribution in [0.15, 0.2) is 16.8 Å². The van der Waals surface area contributed by atoms with Gasteiger partial charge in [-0.2, -0.15) is 15.6 Å². The van der Waals surface area contributed by atoms with E-state index in [2.05, 4.69) is 16.8 Å². The minimum Gasteiger partial charge on any atom is -0.352 e. The summed E-state index contributed by atoms with van der Waals surface area (Å²) in [6.45, 7) is 0.465. The molecular formula is C15H20N2O3S2. The fourth-order valence-corrected chi connectivity index (χ4v) is 6.48.